The Bertz CT molecular complexity index is 768. The largest absolute Gasteiger partial charge is 0.465 e. The van der Waals surface area contributed by atoms with Crippen molar-refractivity contribution in [3.63, 3.8) is 0 Å². The summed E-state index contributed by atoms with van der Waals surface area (Å²) in [5.74, 6) is -2.12. The van der Waals surface area contributed by atoms with Crippen LogP contribution in [0, 0.1) is 0 Å². The van der Waals surface area contributed by atoms with Crippen molar-refractivity contribution in [2.24, 2.45) is 0 Å². The Morgan fingerprint density at radius 1 is 1.10 bits per heavy atom. The zero-order chi connectivity index (χ0) is 22.3. The van der Waals surface area contributed by atoms with Gasteiger partial charge in [0.1, 0.15) is 18.2 Å². The highest BCUT2D eigenvalue weighted by Gasteiger charge is 2.39. The summed E-state index contributed by atoms with van der Waals surface area (Å²) < 4.78 is 10.3. The van der Waals surface area contributed by atoms with Gasteiger partial charge in [0, 0.05) is 11.6 Å². The highest BCUT2D eigenvalue weighted by atomic mass is 16.6. The summed E-state index contributed by atoms with van der Waals surface area (Å²) >= 11 is 0. The van der Waals surface area contributed by atoms with Crippen LogP contribution in [0.15, 0.2) is 30.3 Å². The van der Waals surface area contributed by atoms with E-state index >= 15 is 0 Å². The van der Waals surface area contributed by atoms with Gasteiger partial charge >= 0.3 is 11.9 Å². The number of amides is 2. The average molecular weight is 418 g/mol. The summed E-state index contributed by atoms with van der Waals surface area (Å²) in [6, 6.07) is 7.16. The molecule has 1 saturated carbocycles. The molecule has 0 aromatic heterocycles. The van der Waals surface area contributed by atoms with E-state index in [0.29, 0.717) is 5.56 Å². The number of carbonyl (C=O) groups excluding carboxylic acids is 4. The molecule has 1 aliphatic rings. The molecule has 1 fully saturated rings. The van der Waals surface area contributed by atoms with E-state index < -0.39 is 35.4 Å². The SMILES string of the molecule is CCOC(=O)CN(C(=O)[C@H](CC(=O)OC(C)(C)C)NC(=O)c1ccccc1)C1CC1. The summed E-state index contributed by atoms with van der Waals surface area (Å²) in [6.07, 6.45) is 1.19. The van der Waals surface area contributed by atoms with Crippen molar-refractivity contribution in [3.05, 3.63) is 35.9 Å². The lowest BCUT2D eigenvalue weighted by Gasteiger charge is -2.28. The van der Waals surface area contributed by atoms with E-state index in [1.807, 2.05) is 0 Å². The number of hydrogen-bond acceptors (Lipinski definition) is 6. The summed E-state index contributed by atoms with van der Waals surface area (Å²) in [5, 5.41) is 2.64. The average Bonchev–Trinajstić information content (AvgIpc) is 3.49. The van der Waals surface area contributed by atoms with Gasteiger partial charge in [0.15, 0.2) is 0 Å². The molecule has 30 heavy (non-hydrogen) atoms. The smallest absolute Gasteiger partial charge is 0.325 e. The fourth-order valence-electron chi connectivity index (χ4n) is 2.90. The molecule has 0 saturated heterocycles. The number of esters is 2. The van der Waals surface area contributed by atoms with Crippen LogP contribution in [0.2, 0.25) is 0 Å². The highest BCUT2D eigenvalue weighted by Crippen LogP contribution is 2.28. The summed E-state index contributed by atoms with van der Waals surface area (Å²) in [4.78, 5) is 51.6. The monoisotopic (exact) mass is 418 g/mol. The van der Waals surface area contributed by atoms with E-state index in [4.69, 9.17) is 9.47 Å². The quantitative estimate of drug-likeness (QED) is 0.616. The van der Waals surface area contributed by atoms with Crippen molar-refractivity contribution in [1.82, 2.24) is 10.2 Å². The van der Waals surface area contributed by atoms with Crippen molar-refractivity contribution in [3.8, 4) is 0 Å². The van der Waals surface area contributed by atoms with Crippen molar-refractivity contribution in [2.45, 2.75) is 64.6 Å². The molecule has 8 nitrogen and oxygen atoms in total. The lowest BCUT2D eigenvalue weighted by molar-refractivity contribution is -0.157. The molecule has 1 aromatic rings. The lowest BCUT2D eigenvalue weighted by Crippen LogP contribution is -2.52. The van der Waals surface area contributed by atoms with Gasteiger partial charge in [0.2, 0.25) is 5.91 Å². The van der Waals surface area contributed by atoms with Gasteiger partial charge in [0.05, 0.1) is 13.0 Å². The number of carbonyl (C=O) groups is 4. The Kier molecular flexibility index (Phi) is 7.97. The van der Waals surface area contributed by atoms with Crippen LogP contribution in [0.1, 0.15) is 57.3 Å². The van der Waals surface area contributed by atoms with Gasteiger partial charge in [-0.3, -0.25) is 19.2 Å². The molecular weight excluding hydrogens is 388 g/mol. The standard InChI is InChI=1S/C22H30N2O6/c1-5-29-19(26)14-24(16-11-12-16)21(28)17(13-18(25)30-22(2,3)4)23-20(27)15-9-7-6-8-10-15/h6-10,16-17H,5,11-14H2,1-4H3,(H,23,27)/t17-/m0/s1. The maximum absolute atomic E-state index is 13.2. The van der Waals surface area contributed by atoms with Crippen molar-refractivity contribution in [2.75, 3.05) is 13.2 Å². The molecule has 2 rings (SSSR count). The van der Waals surface area contributed by atoms with Crippen molar-refractivity contribution in [1.29, 1.82) is 0 Å². The minimum atomic E-state index is -1.15. The summed E-state index contributed by atoms with van der Waals surface area (Å²) in [7, 11) is 0. The summed E-state index contributed by atoms with van der Waals surface area (Å²) in [5.41, 5.74) is -0.363. The minimum absolute atomic E-state index is 0.100. The van der Waals surface area contributed by atoms with Crippen LogP contribution in [-0.2, 0) is 23.9 Å². The zero-order valence-corrected chi connectivity index (χ0v) is 18.0. The van der Waals surface area contributed by atoms with Crippen molar-refractivity contribution < 1.29 is 28.7 Å². The molecule has 0 unspecified atom stereocenters. The number of benzene rings is 1. The second-order valence-corrected chi connectivity index (χ2v) is 8.18. The van der Waals surface area contributed by atoms with Crippen molar-refractivity contribution >= 4 is 23.8 Å². The Hall–Kier alpha value is -2.90. The normalized spacial score (nSPS) is 14.4. The minimum Gasteiger partial charge on any atom is -0.465 e. The Labute approximate surface area is 176 Å². The van der Waals surface area contributed by atoms with Gasteiger partial charge < -0.3 is 19.7 Å². The Balaban J connectivity index is 2.19. The topological polar surface area (TPSA) is 102 Å². The second-order valence-electron chi connectivity index (χ2n) is 8.18. The van der Waals surface area contributed by atoms with Gasteiger partial charge in [-0.15, -0.1) is 0 Å². The molecule has 1 aromatic carbocycles. The lowest BCUT2D eigenvalue weighted by atomic mass is 10.1. The third-order valence-electron chi connectivity index (χ3n) is 4.31. The summed E-state index contributed by atoms with van der Waals surface area (Å²) in [6.45, 7) is 6.85. The molecule has 8 heteroatoms. The molecular formula is C22H30N2O6. The highest BCUT2D eigenvalue weighted by molar-refractivity contribution is 5.99. The van der Waals surface area contributed by atoms with Crippen LogP contribution >= 0.6 is 0 Å². The first kappa shape index (κ1) is 23.4. The molecule has 1 N–H and O–H groups in total. The van der Waals surface area contributed by atoms with E-state index in [1.54, 1.807) is 58.0 Å². The number of ether oxygens (including phenoxy) is 2. The van der Waals surface area contributed by atoms with Gasteiger partial charge in [-0.25, -0.2) is 0 Å². The number of nitrogens with zero attached hydrogens (tertiary/aromatic N) is 1. The molecule has 1 atom stereocenters. The predicted molar refractivity (Wildman–Crippen MR) is 110 cm³/mol. The fourth-order valence-corrected chi connectivity index (χ4v) is 2.90. The second kappa shape index (κ2) is 10.2. The number of hydrogen-bond donors (Lipinski definition) is 1. The third-order valence-corrected chi connectivity index (χ3v) is 4.31. The first-order valence-electron chi connectivity index (χ1n) is 10.1. The molecule has 0 spiro atoms. The zero-order valence-electron chi connectivity index (χ0n) is 18.0. The van der Waals surface area contributed by atoms with Crippen LogP contribution < -0.4 is 5.32 Å². The molecule has 0 heterocycles. The van der Waals surface area contributed by atoms with Crippen LogP contribution in [0.5, 0.6) is 0 Å². The molecule has 0 bridgehead atoms. The molecule has 0 radical (unpaired) electrons. The van der Waals surface area contributed by atoms with Crippen LogP contribution in [0.3, 0.4) is 0 Å². The fraction of sp³-hybridized carbons (Fsp3) is 0.545. The molecule has 0 aliphatic heterocycles. The maximum atomic E-state index is 13.2. The van der Waals surface area contributed by atoms with E-state index in [-0.39, 0.29) is 25.6 Å². The number of rotatable bonds is 9. The van der Waals surface area contributed by atoms with E-state index in [1.165, 1.54) is 4.90 Å². The van der Waals surface area contributed by atoms with Crippen LogP contribution in [-0.4, -0.2) is 59.5 Å². The maximum Gasteiger partial charge on any atom is 0.325 e. The van der Waals surface area contributed by atoms with E-state index in [9.17, 15) is 19.2 Å². The Morgan fingerprint density at radius 3 is 2.27 bits per heavy atom. The first-order chi connectivity index (χ1) is 14.1. The van der Waals surface area contributed by atoms with E-state index in [0.717, 1.165) is 12.8 Å². The Morgan fingerprint density at radius 2 is 1.73 bits per heavy atom. The van der Waals surface area contributed by atoms with Gasteiger partial charge in [-0.05, 0) is 52.7 Å². The predicted octanol–water partition coefficient (Wildman–Crippen LogP) is 2.07. The van der Waals surface area contributed by atoms with Crippen LogP contribution in [0.4, 0.5) is 0 Å². The molecule has 1 aliphatic carbocycles. The third kappa shape index (κ3) is 7.50. The van der Waals surface area contributed by atoms with Crippen LogP contribution in [0.25, 0.3) is 0 Å². The molecule has 164 valence electrons. The van der Waals surface area contributed by atoms with Gasteiger partial charge in [0.25, 0.3) is 5.91 Å². The van der Waals surface area contributed by atoms with Gasteiger partial charge in [-0.1, -0.05) is 18.2 Å². The first-order valence-corrected chi connectivity index (χ1v) is 10.1. The molecule has 2 amide bonds. The van der Waals surface area contributed by atoms with Gasteiger partial charge in [-0.2, -0.15) is 0 Å². The van der Waals surface area contributed by atoms with E-state index in [2.05, 4.69) is 5.32 Å². The number of nitrogens with one attached hydrogen (secondary N) is 1.